The van der Waals surface area contributed by atoms with E-state index in [1.54, 1.807) is 0 Å². The van der Waals surface area contributed by atoms with Crippen LogP contribution in [0.2, 0.25) is 0 Å². The lowest BCUT2D eigenvalue weighted by Gasteiger charge is -2.33. The van der Waals surface area contributed by atoms with Crippen molar-refractivity contribution in [3.05, 3.63) is 35.4 Å². The Balaban J connectivity index is 0.00000338. The van der Waals surface area contributed by atoms with Crippen LogP contribution in [0, 0.1) is 12.8 Å². The number of aliphatic imine (C=N–C) groups is 1. The van der Waals surface area contributed by atoms with Gasteiger partial charge in [0, 0.05) is 26.2 Å². The van der Waals surface area contributed by atoms with Gasteiger partial charge in [-0.25, -0.2) is 0 Å². The monoisotopic (exact) mass is 473 g/mol. The average molecular weight is 473 g/mol. The number of likely N-dealkylation sites (tertiary alicyclic amines) is 1. The minimum absolute atomic E-state index is 0. The van der Waals surface area contributed by atoms with Gasteiger partial charge < -0.3 is 15.0 Å². The summed E-state index contributed by atoms with van der Waals surface area (Å²) in [6.07, 6.45) is 2.61. The summed E-state index contributed by atoms with van der Waals surface area (Å²) < 4.78 is 5.14. The summed E-state index contributed by atoms with van der Waals surface area (Å²) in [6, 6.07) is 8.63. The summed E-state index contributed by atoms with van der Waals surface area (Å²) in [4.78, 5) is 18.9. The van der Waals surface area contributed by atoms with Crippen LogP contribution in [-0.4, -0.2) is 49.6 Å². The largest absolute Gasteiger partial charge is 0.466 e. The highest BCUT2D eigenvalue weighted by atomic mass is 127. The second-order valence-electron chi connectivity index (χ2n) is 6.48. The van der Waals surface area contributed by atoms with Crippen molar-refractivity contribution in [1.29, 1.82) is 0 Å². The van der Waals surface area contributed by atoms with Crippen molar-refractivity contribution in [1.82, 2.24) is 10.2 Å². The van der Waals surface area contributed by atoms with E-state index in [2.05, 4.69) is 48.3 Å². The number of esters is 1. The lowest BCUT2D eigenvalue weighted by Crippen LogP contribution is -2.46. The van der Waals surface area contributed by atoms with Crippen molar-refractivity contribution >= 4 is 35.9 Å². The molecule has 1 aliphatic heterocycles. The normalized spacial score (nSPS) is 15.3. The highest BCUT2D eigenvalue weighted by Crippen LogP contribution is 2.18. The Bertz CT molecular complexity index is 567. The van der Waals surface area contributed by atoms with Crippen molar-refractivity contribution in [2.75, 3.05) is 32.8 Å². The predicted octanol–water partition coefficient (Wildman–Crippen LogP) is 3.40. The zero-order valence-corrected chi connectivity index (χ0v) is 18.5. The van der Waals surface area contributed by atoms with Gasteiger partial charge in [0.1, 0.15) is 0 Å². The first kappa shape index (κ1) is 22.7. The van der Waals surface area contributed by atoms with E-state index in [4.69, 9.17) is 9.73 Å². The van der Waals surface area contributed by atoms with E-state index in [1.165, 1.54) is 11.1 Å². The lowest BCUT2D eigenvalue weighted by atomic mass is 9.97. The quantitative estimate of drug-likeness (QED) is 0.298. The van der Waals surface area contributed by atoms with Crippen LogP contribution in [0.4, 0.5) is 0 Å². The number of nitrogens with zero attached hydrogens (tertiary/aromatic N) is 2. The van der Waals surface area contributed by atoms with E-state index < -0.39 is 0 Å². The number of benzene rings is 1. The first-order chi connectivity index (χ1) is 12.1. The maximum atomic E-state index is 11.9. The molecule has 1 fully saturated rings. The van der Waals surface area contributed by atoms with Crippen molar-refractivity contribution in [3.63, 3.8) is 0 Å². The minimum atomic E-state index is -0.0524. The van der Waals surface area contributed by atoms with Crippen LogP contribution in [0.5, 0.6) is 0 Å². The molecular weight excluding hydrogens is 441 g/mol. The van der Waals surface area contributed by atoms with Crippen LogP contribution in [0.25, 0.3) is 0 Å². The molecule has 0 saturated carbocycles. The summed E-state index contributed by atoms with van der Waals surface area (Å²) in [5, 5.41) is 3.38. The summed E-state index contributed by atoms with van der Waals surface area (Å²) in [7, 11) is 0. The highest BCUT2D eigenvalue weighted by molar-refractivity contribution is 14.0. The Hall–Kier alpha value is -1.31. The van der Waals surface area contributed by atoms with Gasteiger partial charge in [-0.1, -0.05) is 29.8 Å². The van der Waals surface area contributed by atoms with Crippen molar-refractivity contribution in [3.8, 4) is 0 Å². The zero-order valence-electron chi connectivity index (χ0n) is 16.2. The van der Waals surface area contributed by atoms with Gasteiger partial charge in [-0.3, -0.25) is 9.79 Å². The third-order valence-electron chi connectivity index (χ3n) is 4.53. The van der Waals surface area contributed by atoms with Crippen LogP contribution >= 0.6 is 24.0 Å². The molecule has 0 bridgehead atoms. The number of guanidine groups is 1. The first-order valence-corrected chi connectivity index (χ1v) is 9.39. The Morgan fingerprint density at radius 3 is 2.46 bits per heavy atom. The molecule has 1 heterocycles. The SMILES string of the molecule is CCNC(=NCCc1ccc(C)cc1)N1CCC(C(=O)OCC)CC1.I. The Morgan fingerprint density at radius 1 is 1.23 bits per heavy atom. The predicted molar refractivity (Wildman–Crippen MR) is 117 cm³/mol. The smallest absolute Gasteiger partial charge is 0.309 e. The van der Waals surface area contributed by atoms with E-state index in [-0.39, 0.29) is 35.9 Å². The van der Waals surface area contributed by atoms with Gasteiger partial charge in [-0.05, 0) is 45.6 Å². The molecule has 1 aromatic carbocycles. The number of hydrogen-bond acceptors (Lipinski definition) is 3. The molecule has 0 aromatic heterocycles. The maximum absolute atomic E-state index is 11.9. The number of carbonyl (C=O) groups is 1. The van der Waals surface area contributed by atoms with Crippen molar-refractivity contribution < 1.29 is 9.53 Å². The van der Waals surface area contributed by atoms with Crippen molar-refractivity contribution in [2.45, 2.75) is 40.0 Å². The summed E-state index contributed by atoms with van der Waals surface area (Å²) in [5.41, 5.74) is 2.59. The zero-order chi connectivity index (χ0) is 18.1. The Morgan fingerprint density at radius 2 is 1.88 bits per heavy atom. The molecule has 5 nitrogen and oxygen atoms in total. The summed E-state index contributed by atoms with van der Waals surface area (Å²) in [6.45, 7) is 9.81. The third kappa shape index (κ3) is 7.13. The van der Waals surface area contributed by atoms with Gasteiger partial charge >= 0.3 is 5.97 Å². The molecule has 0 unspecified atom stereocenters. The molecule has 6 heteroatoms. The van der Waals surface area contributed by atoms with Gasteiger partial charge in [0.05, 0.1) is 12.5 Å². The Labute approximate surface area is 174 Å². The van der Waals surface area contributed by atoms with Gasteiger partial charge in [-0.15, -0.1) is 24.0 Å². The summed E-state index contributed by atoms with van der Waals surface area (Å²) >= 11 is 0. The van der Waals surface area contributed by atoms with Gasteiger partial charge in [-0.2, -0.15) is 0 Å². The van der Waals surface area contributed by atoms with Crippen LogP contribution < -0.4 is 5.32 Å². The molecular formula is C20H32IN3O2. The van der Waals surface area contributed by atoms with Gasteiger partial charge in [0.15, 0.2) is 5.96 Å². The molecule has 0 radical (unpaired) electrons. The maximum Gasteiger partial charge on any atom is 0.309 e. The molecule has 0 aliphatic carbocycles. The molecule has 26 heavy (non-hydrogen) atoms. The minimum Gasteiger partial charge on any atom is -0.466 e. The molecule has 0 spiro atoms. The number of halogens is 1. The second-order valence-corrected chi connectivity index (χ2v) is 6.48. The van der Waals surface area contributed by atoms with E-state index in [1.807, 2.05) is 6.92 Å². The number of aryl methyl sites for hydroxylation is 1. The third-order valence-corrected chi connectivity index (χ3v) is 4.53. The number of piperidine rings is 1. The fourth-order valence-corrected chi connectivity index (χ4v) is 3.06. The first-order valence-electron chi connectivity index (χ1n) is 9.39. The topological polar surface area (TPSA) is 53.9 Å². The van der Waals surface area contributed by atoms with Crippen molar-refractivity contribution in [2.24, 2.45) is 10.9 Å². The van der Waals surface area contributed by atoms with E-state index in [0.717, 1.165) is 51.4 Å². The Kier molecular flexibility index (Phi) is 10.6. The molecule has 146 valence electrons. The van der Waals surface area contributed by atoms with E-state index >= 15 is 0 Å². The van der Waals surface area contributed by atoms with Crippen LogP contribution in [0.3, 0.4) is 0 Å². The van der Waals surface area contributed by atoms with Crippen LogP contribution in [0.15, 0.2) is 29.3 Å². The highest BCUT2D eigenvalue weighted by Gasteiger charge is 2.27. The molecule has 0 atom stereocenters. The number of rotatable bonds is 6. The summed E-state index contributed by atoms with van der Waals surface area (Å²) in [5.74, 6) is 0.937. The van der Waals surface area contributed by atoms with Crippen LogP contribution in [0.1, 0.15) is 37.8 Å². The van der Waals surface area contributed by atoms with E-state index in [9.17, 15) is 4.79 Å². The standard InChI is InChI=1S/C20H31N3O2.HI/c1-4-21-20(22-13-10-17-8-6-16(3)7-9-17)23-14-11-18(12-15-23)19(24)25-5-2;/h6-9,18H,4-5,10-15H2,1-3H3,(H,21,22);1H. The van der Waals surface area contributed by atoms with Gasteiger partial charge in [0.25, 0.3) is 0 Å². The molecule has 1 aliphatic rings. The number of ether oxygens (including phenoxy) is 1. The number of hydrogen-bond donors (Lipinski definition) is 1. The number of carbonyl (C=O) groups excluding carboxylic acids is 1. The molecule has 1 aromatic rings. The molecule has 0 amide bonds. The fraction of sp³-hybridized carbons (Fsp3) is 0.600. The molecule has 1 saturated heterocycles. The average Bonchev–Trinajstić information content (AvgIpc) is 2.63. The van der Waals surface area contributed by atoms with E-state index in [0.29, 0.717) is 6.61 Å². The second kappa shape index (κ2) is 12.1. The fourth-order valence-electron chi connectivity index (χ4n) is 3.06. The molecule has 2 rings (SSSR count). The number of nitrogens with one attached hydrogen (secondary N) is 1. The molecule has 1 N–H and O–H groups in total. The van der Waals surface area contributed by atoms with Crippen LogP contribution in [-0.2, 0) is 16.0 Å². The van der Waals surface area contributed by atoms with Gasteiger partial charge in [0.2, 0.25) is 0 Å². The lowest BCUT2D eigenvalue weighted by molar-refractivity contribution is -0.149.